The number of rotatable bonds is 2. The molecule has 0 radical (unpaired) electrons. The number of benzene rings is 1. The predicted octanol–water partition coefficient (Wildman–Crippen LogP) is 1.92. The molecule has 1 aromatic rings. The second kappa shape index (κ2) is 6.37. The van der Waals surface area contributed by atoms with E-state index >= 15 is 0 Å². The molecule has 0 saturated heterocycles. The highest BCUT2D eigenvalue weighted by atomic mass is 16.6. The average molecular weight is 238 g/mol. The second-order valence-electron chi connectivity index (χ2n) is 2.97. The van der Waals surface area contributed by atoms with E-state index in [9.17, 15) is 9.59 Å². The van der Waals surface area contributed by atoms with Crippen LogP contribution < -0.4 is 10.4 Å². The third-order valence-electron chi connectivity index (χ3n) is 1.85. The summed E-state index contributed by atoms with van der Waals surface area (Å²) in [4.78, 5) is 22.7. The Morgan fingerprint density at radius 3 is 2.47 bits per heavy atom. The molecule has 0 bridgehead atoms. The molecule has 6 nitrogen and oxygen atoms in total. The van der Waals surface area contributed by atoms with Crippen LogP contribution in [0.4, 0.5) is 15.3 Å². The molecule has 2 amide bonds. The van der Waals surface area contributed by atoms with Gasteiger partial charge in [-0.1, -0.05) is 18.2 Å². The summed E-state index contributed by atoms with van der Waals surface area (Å²) in [6.45, 7) is 1.89. The summed E-state index contributed by atoms with van der Waals surface area (Å²) >= 11 is 0. The van der Waals surface area contributed by atoms with Crippen molar-refractivity contribution in [3.63, 3.8) is 0 Å². The van der Waals surface area contributed by atoms with Gasteiger partial charge in [0.05, 0.1) is 19.4 Å². The molecule has 92 valence electrons. The molecule has 6 heteroatoms. The summed E-state index contributed by atoms with van der Waals surface area (Å²) in [5.41, 5.74) is 2.76. The van der Waals surface area contributed by atoms with Gasteiger partial charge in [0.25, 0.3) is 0 Å². The number of methoxy groups -OCH3 is 1. The number of hydrogen-bond donors (Lipinski definition) is 1. The van der Waals surface area contributed by atoms with Gasteiger partial charge in [0, 0.05) is 0 Å². The number of anilines is 1. The van der Waals surface area contributed by atoms with Crippen molar-refractivity contribution in [3.05, 3.63) is 30.3 Å². The largest absolute Gasteiger partial charge is 0.451 e. The lowest BCUT2D eigenvalue weighted by atomic mass is 10.3. The summed E-state index contributed by atoms with van der Waals surface area (Å²) < 4.78 is 9.25. The molecule has 0 unspecified atom stereocenters. The predicted molar refractivity (Wildman–Crippen MR) is 61.5 cm³/mol. The van der Waals surface area contributed by atoms with Gasteiger partial charge in [-0.3, -0.25) is 0 Å². The normalized spacial score (nSPS) is 9.29. The Morgan fingerprint density at radius 1 is 1.29 bits per heavy atom. The molecule has 0 saturated carbocycles. The Balaban J connectivity index is 2.82. The zero-order valence-corrected chi connectivity index (χ0v) is 9.67. The SMILES string of the molecule is CCOC(=O)NN(C(=O)OC)c1ccccc1. The van der Waals surface area contributed by atoms with Crippen molar-refractivity contribution in [2.75, 3.05) is 18.7 Å². The molecule has 0 aliphatic heterocycles. The first-order valence-electron chi connectivity index (χ1n) is 5.05. The van der Waals surface area contributed by atoms with Crippen LogP contribution in [0.1, 0.15) is 6.92 Å². The number of nitrogens with zero attached hydrogens (tertiary/aromatic N) is 1. The smallest absolute Gasteiger partial charge is 0.433 e. The third kappa shape index (κ3) is 3.67. The molecule has 0 heterocycles. The molecular weight excluding hydrogens is 224 g/mol. The standard InChI is InChI=1S/C11H14N2O4/c1-3-17-10(14)12-13(11(15)16-2)9-7-5-4-6-8-9/h4-8H,3H2,1-2H3,(H,12,14). The molecule has 0 aliphatic rings. The van der Waals surface area contributed by atoms with Crippen molar-refractivity contribution in [3.8, 4) is 0 Å². The second-order valence-corrected chi connectivity index (χ2v) is 2.97. The molecule has 0 aliphatic carbocycles. The number of carbonyl (C=O) groups is 2. The first kappa shape index (κ1) is 12.8. The molecule has 0 aromatic heterocycles. The lowest BCUT2D eigenvalue weighted by Gasteiger charge is -2.21. The minimum absolute atomic E-state index is 0.218. The summed E-state index contributed by atoms with van der Waals surface area (Å²) in [5.74, 6) is 0. The van der Waals surface area contributed by atoms with Gasteiger partial charge in [0.2, 0.25) is 0 Å². The highest BCUT2D eigenvalue weighted by Crippen LogP contribution is 2.11. The topological polar surface area (TPSA) is 67.9 Å². The van der Waals surface area contributed by atoms with Crippen molar-refractivity contribution in [2.24, 2.45) is 0 Å². The Morgan fingerprint density at radius 2 is 1.94 bits per heavy atom. The molecule has 1 aromatic carbocycles. The number of nitrogens with one attached hydrogen (secondary N) is 1. The van der Waals surface area contributed by atoms with Crippen LogP contribution >= 0.6 is 0 Å². The minimum atomic E-state index is -0.721. The van der Waals surface area contributed by atoms with Crippen LogP contribution in [0.2, 0.25) is 0 Å². The van der Waals surface area contributed by atoms with Gasteiger partial charge in [-0.05, 0) is 19.1 Å². The molecule has 0 fully saturated rings. The first-order valence-corrected chi connectivity index (χ1v) is 5.05. The number of ether oxygens (including phenoxy) is 2. The van der Waals surface area contributed by atoms with E-state index < -0.39 is 12.2 Å². The van der Waals surface area contributed by atoms with Gasteiger partial charge in [-0.2, -0.15) is 5.01 Å². The lowest BCUT2D eigenvalue weighted by molar-refractivity contribution is 0.144. The zero-order valence-electron chi connectivity index (χ0n) is 9.67. The number of carbonyl (C=O) groups excluding carboxylic acids is 2. The fraction of sp³-hybridized carbons (Fsp3) is 0.273. The number of amides is 2. The number of hydrazine groups is 1. The van der Waals surface area contributed by atoms with Gasteiger partial charge in [-0.25, -0.2) is 15.0 Å². The quantitative estimate of drug-likeness (QED) is 0.799. The minimum Gasteiger partial charge on any atom is -0.451 e. The van der Waals surface area contributed by atoms with Gasteiger partial charge in [0.1, 0.15) is 0 Å². The van der Waals surface area contributed by atoms with Crippen LogP contribution in [0.5, 0.6) is 0 Å². The Labute approximate surface area is 99.1 Å². The van der Waals surface area contributed by atoms with Gasteiger partial charge < -0.3 is 9.47 Å². The molecule has 0 spiro atoms. The van der Waals surface area contributed by atoms with Crippen LogP contribution in [0.15, 0.2) is 30.3 Å². The van der Waals surface area contributed by atoms with E-state index in [2.05, 4.69) is 14.9 Å². The maximum absolute atomic E-state index is 11.5. The fourth-order valence-electron chi connectivity index (χ4n) is 1.14. The fourth-order valence-corrected chi connectivity index (χ4v) is 1.14. The number of hydrogen-bond acceptors (Lipinski definition) is 4. The van der Waals surface area contributed by atoms with E-state index in [-0.39, 0.29) is 6.61 Å². The van der Waals surface area contributed by atoms with Crippen molar-refractivity contribution >= 4 is 17.9 Å². The van der Waals surface area contributed by atoms with E-state index in [0.29, 0.717) is 5.69 Å². The highest BCUT2D eigenvalue weighted by Gasteiger charge is 2.18. The molecule has 0 atom stereocenters. The van der Waals surface area contributed by atoms with Crippen LogP contribution in [0.25, 0.3) is 0 Å². The first-order chi connectivity index (χ1) is 8.19. The van der Waals surface area contributed by atoms with Crippen LogP contribution in [-0.4, -0.2) is 25.9 Å². The summed E-state index contributed by atoms with van der Waals surface area (Å²) in [6.07, 6.45) is -1.42. The number of para-hydroxylation sites is 1. The third-order valence-corrected chi connectivity index (χ3v) is 1.85. The molecule has 17 heavy (non-hydrogen) atoms. The van der Waals surface area contributed by atoms with Crippen molar-refractivity contribution in [1.82, 2.24) is 5.43 Å². The van der Waals surface area contributed by atoms with E-state index in [1.54, 1.807) is 37.3 Å². The Kier molecular flexibility index (Phi) is 4.80. The van der Waals surface area contributed by atoms with Crippen molar-refractivity contribution < 1.29 is 19.1 Å². The van der Waals surface area contributed by atoms with Gasteiger partial charge in [0.15, 0.2) is 0 Å². The van der Waals surface area contributed by atoms with Crippen LogP contribution in [0.3, 0.4) is 0 Å². The monoisotopic (exact) mass is 238 g/mol. The summed E-state index contributed by atoms with van der Waals surface area (Å²) in [6, 6.07) is 8.58. The van der Waals surface area contributed by atoms with E-state index in [0.717, 1.165) is 5.01 Å². The maximum atomic E-state index is 11.5. The van der Waals surface area contributed by atoms with Crippen molar-refractivity contribution in [2.45, 2.75) is 6.92 Å². The average Bonchev–Trinajstić information content (AvgIpc) is 2.36. The lowest BCUT2D eigenvalue weighted by Crippen LogP contribution is -2.46. The van der Waals surface area contributed by atoms with E-state index in [1.807, 2.05) is 0 Å². The van der Waals surface area contributed by atoms with Crippen LogP contribution in [-0.2, 0) is 9.47 Å². The van der Waals surface area contributed by atoms with E-state index in [1.165, 1.54) is 7.11 Å². The highest BCUT2D eigenvalue weighted by molar-refractivity contribution is 5.90. The Hall–Kier alpha value is -2.24. The van der Waals surface area contributed by atoms with Gasteiger partial charge in [-0.15, -0.1) is 0 Å². The summed E-state index contributed by atoms with van der Waals surface area (Å²) in [5, 5.41) is 0.970. The Bertz CT molecular complexity index is 380. The molecular formula is C11H14N2O4. The summed E-state index contributed by atoms with van der Waals surface area (Å²) in [7, 11) is 1.23. The van der Waals surface area contributed by atoms with Crippen molar-refractivity contribution in [1.29, 1.82) is 0 Å². The molecule has 1 N–H and O–H groups in total. The van der Waals surface area contributed by atoms with Crippen LogP contribution in [0, 0.1) is 0 Å². The van der Waals surface area contributed by atoms with Gasteiger partial charge >= 0.3 is 12.2 Å². The maximum Gasteiger partial charge on any atom is 0.433 e. The zero-order chi connectivity index (χ0) is 12.7. The molecule has 1 rings (SSSR count). The van der Waals surface area contributed by atoms with E-state index in [4.69, 9.17) is 0 Å².